The molecular formula is C48H68N4O6S2. The van der Waals surface area contributed by atoms with Crippen molar-refractivity contribution < 1.29 is 29.3 Å². The minimum Gasteiger partial charge on any atom is -0.497 e. The Kier molecular flexibility index (Phi) is 20.1. The van der Waals surface area contributed by atoms with Gasteiger partial charge in [0.15, 0.2) is 0 Å². The van der Waals surface area contributed by atoms with Crippen LogP contribution in [0, 0.1) is 23.7 Å². The lowest BCUT2D eigenvalue weighted by atomic mass is 9.80. The summed E-state index contributed by atoms with van der Waals surface area (Å²) in [5.74, 6) is 5.36. The predicted octanol–water partition coefficient (Wildman–Crippen LogP) is 9.46. The fraction of sp³-hybridized carbons (Fsp3) is 0.583. The Balaban J connectivity index is 0.000000228. The van der Waals surface area contributed by atoms with Crippen molar-refractivity contribution in [2.24, 2.45) is 23.7 Å². The van der Waals surface area contributed by atoms with Crippen molar-refractivity contribution in [3.05, 3.63) is 72.1 Å². The summed E-state index contributed by atoms with van der Waals surface area (Å²) in [5.41, 5.74) is 4.58. The summed E-state index contributed by atoms with van der Waals surface area (Å²) >= 11 is 3.84. The standard InChI is InChI=1S/2C24H34N2O3S/c1-29-21-7-8-23-22(16-21)19(9-11-25-23)6-3-5-18-10-13-26(12-4-14-30-2)17-20(18)15-24(27)28;1-3-30-14-13-26-12-10-18(20(17-26)15-24(27)28)5-4-6-19-9-11-25-23-8-7-21(29-2)16-22(19)23/h2*7-9,11,16,18,20H,3-6,10,12-15,17H2,1-2H3,(H,27,28)/t2*18-,20+/m11/s1. The molecule has 2 aromatic heterocycles. The molecule has 0 aliphatic carbocycles. The van der Waals surface area contributed by atoms with E-state index in [9.17, 15) is 19.8 Å². The van der Waals surface area contributed by atoms with E-state index in [2.05, 4.69) is 57.2 Å². The van der Waals surface area contributed by atoms with E-state index in [0.717, 1.165) is 135 Å². The topological polar surface area (TPSA) is 125 Å². The first kappa shape index (κ1) is 47.5. The van der Waals surface area contributed by atoms with E-state index >= 15 is 0 Å². The molecule has 2 N–H and O–H groups in total. The van der Waals surface area contributed by atoms with E-state index in [-0.39, 0.29) is 18.3 Å². The molecule has 328 valence electrons. The molecule has 0 spiro atoms. The Morgan fingerprint density at radius 3 is 1.65 bits per heavy atom. The summed E-state index contributed by atoms with van der Waals surface area (Å²) in [7, 11) is 3.38. The minimum atomic E-state index is -0.665. The van der Waals surface area contributed by atoms with Crippen molar-refractivity contribution in [3.8, 4) is 11.5 Å². The zero-order valence-electron chi connectivity index (χ0n) is 36.4. The zero-order valence-corrected chi connectivity index (χ0v) is 38.0. The maximum absolute atomic E-state index is 11.4. The molecule has 12 heteroatoms. The number of likely N-dealkylation sites (tertiary alicyclic amines) is 2. The van der Waals surface area contributed by atoms with Crippen LogP contribution in [0.2, 0.25) is 0 Å². The molecule has 2 aromatic carbocycles. The van der Waals surface area contributed by atoms with Crippen LogP contribution in [0.25, 0.3) is 21.8 Å². The third-order valence-electron chi connectivity index (χ3n) is 12.5. The highest BCUT2D eigenvalue weighted by molar-refractivity contribution is 7.99. The van der Waals surface area contributed by atoms with Crippen LogP contribution < -0.4 is 9.47 Å². The molecule has 2 aliphatic rings. The lowest BCUT2D eigenvalue weighted by Crippen LogP contribution is -2.42. The molecule has 2 saturated heterocycles. The third-order valence-corrected chi connectivity index (χ3v) is 14.1. The molecule has 4 aromatic rings. The van der Waals surface area contributed by atoms with Crippen LogP contribution in [0.4, 0.5) is 0 Å². The summed E-state index contributed by atoms with van der Waals surface area (Å²) in [5, 5.41) is 21.1. The van der Waals surface area contributed by atoms with Crippen molar-refractivity contribution >= 4 is 57.3 Å². The molecule has 0 radical (unpaired) electrons. The van der Waals surface area contributed by atoms with Gasteiger partial charge in [-0.15, -0.1) is 0 Å². The first-order valence-electron chi connectivity index (χ1n) is 22.0. The third kappa shape index (κ3) is 14.8. The van der Waals surface area contributed by atoms with Gasteiger partial charge in [-0.05, 0) is 179 Å². The number of carboxylic acids is 2. The number of fused-ring (bicyclic) bond motifs is 2. The summed E-state index contributed by atoms with van der Waals surface area (Å²) in [6, 6.07) is 16.2. The molecule has 0 amide bonds. The maximum Gasteiger partial charge on any atom is 0.303 e. The second kappa shape index (κ2) is 25.4. The summed E-state index contributed by atoms with van der Waals surface area (Å²) in [6.07, 6.45) is 16.2. The normalized spacial score (nSPS) is 19.8. The van der Waals surface area contributed by atoms with Crippen molar-refractivity contribution in [2.75, 3.05) is 77.0 Å². The number of aliphatic carboxylic acids is 2. The number of hydrogen-bond acceptors (Lipinski definition) is 10. The highest BCUT2D eigenvalue weighted by Crippen LogP contribution is 2.33. The molecule has 0 bridgehead atoms. The largest absolute Gasteiger partial charge is 0.497 e. The summed E-state index contributed by atoms with van der Waals surface area (Å²) in [6.45, 7) is 8.41. The molecule has 0 unspecified atom stereocenters. The Bertz CT molecular complexity index is 1800. The van der Waals surface area contributed by atoms with Crippen molar-refractivity contribution in [1.29, 1.82) is 0 Å². The van der Waals surface area contributed by atoms with Gasteiger partial charge in [0.25, 0.3) is 0 Å². The fourth-order valence-corrected chi connectivity index (χ4v) is 10.4. The van der Waals surface area contributed by atoms with Gasteiger partial charge in [0.2, 0.25) is 0 Å². The number of aryl methyl sites for hydroxylation is 2. The lowest BCUT2D eigenvalue weighted by molar-refractivity contribution is -0.140. The van der Waals surface area contributed by atoms with Crippen LogP contribution in [0.15, 0.2) is 60.9 Å². The van der Waals surface area contributed by atoms with E-state index in [1.807, 2.05) is 60.2 Å². The summed E-state index contributed by atoms with van der Waals surface area (Å²) in [4.78, 5) is 36.8. The molecule has 6 rings (SSSR count). The van der Waals surface area contributed by atoms with Gasteiger partial charge < -0.3 is 29.5 Å². The quantitative estimate of drug-likeness (QED) is 0.0732. The van der Waals surface area contributed by atoms with Crippen LogP contribution in [0.5, 0.6) is 11.5 Å². The SMILES string of the molecule is CCSCCN1CC[C@@H](CCCc2ccnc3ccc(OC)cc23)[C@@H](CC(=O)O)C1.COc1ccc2nccc(CCC[C@@H]3CCN(CCCSC)C[C@@H]3CC(=O)O)c2c1. The van der Waals surface area contributed by atoms with E-state index in [0.29, 0.717) is 18.3 Å². The molecule has 2 fully saturated rings. The Morgan fingerprint density at radius 1 is 0.700 bits per heavy atom. The number of rotatable bonds is 22. The van der Waals surface area contributed by atoms with Gasteiger partial charge in [0, 0.05) is 61.4 Å². The van der Waals surface area contributed by atoms with Gasteiger partial charge >= 0.3 is 11.9 Å². The van der Waals surface area contributed by atoms with E-state index in [4.69, 9.17) is 9.47 Å². The first-order chi connectivity index (χ1) is 29.2. The monoisotopic (exact) mass is 860 g/mol. The van der Waals surface area contributed by atoms with Gasteiger partial charge in [-0.3, -0.25) is 19.6 Å². The number of nitrogens with zero attached hydrogens (tertiary/aromatic N) is 4. The van der Waals surface area contributed by atoms with Gasteiger partial charge in [0.05, 0.1) is 25.3 Å². The van der Waals surface area contributed by atoms with Gasteiger partial charge in [-0.25, -0.2) is 0 Å². The number of ether oxygens (including phenoxy) is 2. The number of pyridine rings is 2. The van der Waals surface area contributed by atoms with Crippen LogP contribution in [0.3, 0.4) is 0 Å². The average Bonchev–Trinajstić information content (AvgIpc) is 3.25. The molecular weight excluding hydrogens is 793 g/mol. The Morgan fingerprint density at radius 2 is 1.20 bits per heavy atom. The first-order valence-corrected chi connectivity index (χ1v) is 24.5. The number of hydrogen-bond donors (Lipinski definition) is 2. The fourth-order valence-electron chi connectivity index (χ4n) is 9.32. The second-order valence-corrected chi connectivity index (χ2v) is 18.8. The number of piperidine rings is 2. The molecule has 4 atom stereocenters. The van der Waals surface area contributed by atoms with E-state index < -0.39 is 11.9 Å². The van der Waals surface area contributed by atoms with Crippen LogP contribution >= 0.6 is 23.5 Å². The van der Waals surface area contributed by atoms with Gasteiger partial charge in [-0.1, -0.05) is 6.92 Å². The molecule has 4 heterocycles. The Labute approximate surface area is 366 Å². The minimum absolute atomic E-state index is 0.261. The van der Waals surface area contributed by atoms with Crippen LogP contribution in [-0.4, -0.2) is 119 Å². The highest BCUT2D eigenvalue weighted by atomic mass is 32.2. The van der Waals surface area contributed by atoms with Crippen molar-refractivity contribution in [3.63, 3.8) is 0 Å². The average molecular weight is 861 g/mol. The Hall–Kier alpha value is -3.58. The highest BCUT2D eigenvalue weighted by Gasteiger charge is 2.31. The zero-order chi connectivity index (χ0) is 42.7. The van der Waals surface area contributed by atoms with Crippen LogP contribution in [0.1, 0.15) is 75.8 Å². The molecule has 2 aliphatic heterocycles. The van der Waals surface area contributed by atoms with E-state index in [1.54, 1.807) is 14.2 Å². The summed E-state index contributed by atoms with van der Waals surface area (Å²) < 4.78 is 10.8. The molecule has 10 nitrogen and oxygen atoms in total. The number of thioether (sulfide) groups is 2. The van der Waals surface area contributed by atoms with Gasteiger partial charge in [0.1, 0.15) is 11.5 Å². The number of benzene rings is 2. The second-order valence-electron chi connectivity index (χ2n) is 16.4. The smallest absolute Gasteiger partial charge is 0.303 e. The van der Waals surface area contributed by atoms with Crippen LogP contribution in [-0.2, 0) is 22.4 Å². The predicted molar refractivity (Wildman–Crippen MR) is 249 cm³/mol. The molecule has 0 saturated carbocycles. The van der Waals surface area contributed by atoms with Gasteiger partial charge in [-0.2, -0.15) is 23.5 Å². The van der Waals surface area contributed by atoms with E-state index in [1.165, 1.54) is 23.3 Å². The number of carbonyl (C=O) groups is 2. The number of methoxy groups -OCH3 is 2. The lowest BCUT2D eigenvalue weighted by Gasteiger charge is -2.38. The van der Waals surface area contributed by atoms with Crippen molar-refractivity contribution in [1.82, 2.24) is 19.8 Å². The maximum atomic E-state index is 11.4. The number of aromatic nitrogens is 2. The molecule has 60 heavy (non-hydrogen) atoms. The number of carboxylic acid groups (broad SMARTS) is 2. The van der Waals surface area contributed by atoms with Crippen molar-refractivity contribution in [2.45, 2.75) is 77.6 Å².